The van der Waals surface area contributed by atoms with Gasteiger partial charge in [0.05, 0.1) is 5.39 Å². The first-order valence-electron chi connectivity index (χ1n) is 12.9. The Morgan fingerprint density at radius 2 is 1.83 bits per heavy atom. The second kappa shape index (κ2) is 12.0. The molecule has 0 aliphatic carbocycles. The molecule has 1 saturated heterocycles. The largest absolute Gasteiger partial charge is 0.368 e. The summed E-state index contributed by atoms with van der Waals surface area (Å²) in [5.41, 5.74) is 2.02. The van der Waals surface area contributed by atoms with Crippen LogP contribution in [0, 0.1) is 5.92 Å². The molecule has 192 valence electrons. The lowest BCUT2D eigenvalue weighted by atomic mass is 10.0. The number of rotatable bonds is 10. The van der Waals surface area contributed by atoms with Crippen molar-refractivity contribution in [3.8, 4) is 11.4 Å². The van der Waals surface area contributed by atoms with Gasteiger partial charge in [0.1, 0.15) is 17.2 Å². The fraction of sp³-hybridized carbons (Fsp3) is 0.481. The van der Waals surface area contributed by atoms with Crippen LogP contribution in [0.3, 0.4) is 0 Å². The standard InChI is InChI=1S/C27H37N7O2/c1-4-19(2)10-13-33-14-16-34(17-15-33)27(36)23-18-22-25(29-12-11-28-20(3)35)31-24(32-26(22)30-23)21-8-6-5-7-9-21/h5-9,18-19H,4,10-17H2,1-3H3,(H,28,35)(H2,29,30,31,32). The quantitative estimate of drug-likeness (QED) is 0.376. The smallest absolute Gasteiger partial charge is 0.270 e. The number of anilines is 1. The van der Waals surface area contributed by atoms with Crippen LogP contribution in [-0.2, 0) is 4.79 Å². The molecule has 36 heavy (non-hydrogen) atoms. The van der Waals surface area contributed by atoms with Crippen molar-refractivity contribution in [1.82, 2.24) is 30.1 Å². The molecule has 3 aromatic rings. The van der Waals surface area contributed by atoms with Crippen molar-refractivity contribution >= 4 is 28.7 Å². The minimum atomic E-state index is -0.0795. The number of piperazine rings is 1. The number of benzene rings is 1. The maximum absolute atomic E-state index is 13.4. The number of nitrogens with one attached hydrogen (secondary N) is 3. The number of carbonyl (C=O) groups excluding carboxylic acids is 2. The molecule has 1 fully saturated rings. The number of H-pyrrole nitrogens is 1. The number of aromatic amines is 1. The van der Waals surface area contributed by atoms with Gasteiger partial charge in [-0.15, -0.1) is 0 Å². The normalized spacial score (nSPS) is 15.1. The molecule has 1 aliphatic heterocycles. The SMILES string of the molecule is CCC(C)CCN1CCN(C(=O)c2cc3c(NCCNC(C)=O)nc(-c4ccccc4)nc3[nH]2)CC1. The summed E-state index contributed by atoms with van der Waals surface area (Å²) in [5.74, 6) is 1.85. The fourth-order valence-electron chi connectivity index (χ4n) is 4.35. The summed E-state index contributed by atoms with van der Waals surface area (Å²) >= 11 is 0. The van der Waals surface area contributed by atoms with Crippen LogP contribution in [0.1, 0.15) is 44.1 Å². The van der Waals surface area contributed by atoms with Crippen molar-refractivity contribution in [2.24, 2.45) is 5.92 Å². The van der Waals surface area contributed by atoms with E-state index in [4.69, 9.17) is 9.97 Å². The summed E-state index contributed by atoms with van der Waals surface area (Å²) in [7, 11) is 0. The van der Waals surface area contributed by atoms with Crippen LogP contribution in [0.4, 0.5) is 5.82 Å². The molecule has 0 saturated carbocycles. The van der Waals surface area contributed by atoms with E-state index >= 15 is 0 Å². The van der Waals surface area contributed by atoms with E-state index in [-0.39, 0.29) is 11.8 Å². The van der Waals surface area contributed by atoms with Gasteiger partial charge in [0.15, 0.2) is 5.82 Å². The molecular weight excluding hydrogens is 454 g/mol. The van der Waals surface area contributed by atoms with Crippen molar-refractivity contribution < 1.29 is 9.59 Å². The molecule has 4 rings (SSSR count). The predicted molar refractivity (Wildman–Crippen MR) is 143 cm³/mol. The third-order valence-electron chi connectivity index (χ3n) is 6.84. The van der Waals surface area contributed by atoms with Crippen molar-refractivity contribution in [3.63, 3.8) is 0 Å². The van der Waals surface area contributed by atoms with Gasteiger partial charge in [0.2, 0.25) is 5.91 Å². The number of amides is 2. The summed E-state index contributed by atoms with van der Waals surface area (Å²) in [5, 5.41) is 6.84. The Hall–Kier alpha value is -3.46. The zero-order chi connectivity index (χ0) is 25.5. The molecule has 1 atom stereocenters. The van der Waals surface area contributed by atoms with E-state index in [0.717, 1.165) is 49.6 Å². The average molecular weight is 492 g/mol. The monoisotopic (exact) mass is 491 g/mol. The molecule has 0 spiro atoms. The van der Waals surface area contributed by atoms with Gasteiger partial charge in [-0.2, -0.15) is 0 Å². The number of hydrogen-bond donors (Lipinski definition) is 3. The number of nitrogens with zero attached hydrogens (tertiary/aromatic N) is 4. The van der Waals surface area contributed by atoms with Crippen molar-refractivity contribution in [1.29, 1.82) is 0 Å². The molecule has 3 N–H and O–H groups in total. The Bertz CT molecular complexity index is 1170. The molecule has 0 radical (unpaired) electrons. The van der Waals surface area contributed by atoms with Crippen LogP contribution in [0.25, 0.3) is 22.4 Å². The maximum atomic E-state index is 13.4. The number of aromatic nitrogens is 3. The van der Waals surface area contributed by atoms with Crippen LogP contribution >= 0.6 is 0 Å². The van der Waals surface area contributed by atoms with Crippen molar-refractivity contribution in [2.75, 3.05) is 51.1 Å². The topological polar surface area (TPSA) is 106 Å². The molecule has 1 aromatic carbocycles. The van der Waals surface area contributed by atoms with Crippen LogP contribution in [0.5, 0.6) is 0 Å². The highest BCUT2D eigenvalue weighted by atomic mass is 16.2. The number of hydrogen-bond acceptors (Lipinski definition) is 6. The summed E-state index contributed by atoms with van der Waals surface area (Å²) in [6.07, 6.45) is 2.41. The van der Waals surface area contributed by atoms with Gasteiger partial charge in [0.25, 0.3) is 5.91 Å². The van der Waals surface area contributed by atoms with E-state index in [0.29, 0.717) is 36.1 Å². The Balaban J connectivity index is 1.51. The zero-order valence-electron chi connectivity index (χ0n) is 21.5. The van der Waals surface area contributed by atoms with Gasteiger partial charge in [-0.3, -0.25) is 14.5 Å². The first kappa shape index (κ1) is 25.6. The van der Waals surface area contributed by atoms with Gasteiger partial charge in [-0.05, 0) is 24.9 Å². The molecule has 2 aromatic heterocycles. The maximum Gasteiger partial charge on any atom is 0.270 e. The summed E-state index contributed by atoms with van der Waals surface area (Å²) in [6, 6.07) is 11.6. The minimum Gasteiger partial charge on any atom is -0.368 e. The highest BCUT2D eigenvalue weighted by Gasteiger charge is 2.24. The third kappa shape index (κ3) is 6.40. The molecule has 3 heterocycles. The van der Waals surface area contributed by atoms with Crippen LogP contribution < -0.4 is 10.6 Å². The van der Waals surface area contributed by atoms with Gasteiger partial charge in [-0.25, -0.2) is 9.97 Å². The van der Waals surface area contributed by atoms with Crippen molar-refractivity contribution in [3.05, 3.63) is 42.1 Å². The molecular formula is C27H37N7O2. The van der Waals surface area contributed by atoms with E-state index in [9.17, 15) is 9.59 Å². The molecule has 9 nitrogen and oxygen atoms in total. The molecule has 0 bridgehead atoms. The van der Waals surface area contributed by atoms with E-state index in [1.807, 2.05) is 41.3 Å². The summed E-state index contributed by atoms with van der Waals surface area (Å²) < 4.78 is 0. The van der Waals surface area contributed by atoms with Crippen LogP contribution in [0.15, 0.2) is 36.4 Å². The number of carbonyl (C=O) groups is 2. The molecule has 2 amide bonds. The lowest BCUT2D eigenvalue weighted by Gasteiger charge is -2.35. The Kier molecular flexibility index (Phi) is 8.53. The van der Waals surface area contributed by atoms with E-state index < -0.39 is 0 Å². The Morgan fingerprint density at radius 1 is 1.08 bits per heavy atom. The second-order valence-corrected chi connectivity index (χ2v) is 9.55. The minimum absolute atomic E-state index is 0.0139. The van der Waals surface area contributed by atoms with Crippen LogP contribution in [0.2, 0.25) is 0 Å². The van der Waals surface area contributed by atoms with E-state index in [1.54, 1.807) is 0 Å². The fourth-order valence-corrected chi connectivity index (χ4v) is 4.35. The second-order valence-electron chi connectivity index (χ2n) is 9.55. The lowest BCUT2D eigenvalue weighted by molar-refractivity contribution is -0.118. The molecule has 9 heteroatoms. The van der Waals surface area contributed by atoms with Gasteiger partial charge in [0, 0.05) is 51.8 Å². The molecule has 1 unspecified atom stereocenters. The summed E-state index contributed by atoms with van der Waals surface area (Å²) in [6.45, 7) is 11.3. The first-order chi connectivity index (χ1) is 17.4. The Morgan fingerprint density at radius 3 is 2.53 bits per heavy atom. The number of fused-ring (bicyclic) bond motifs is 1. The van der Waals surface area contributed by atoms with E-state index in [1.165, 1.54) is 19.8 Å². The molecule has 1 aliphatic rings. The average Bonchev–Trinajstić information content (AvgIpc) is 3.34. The van der Waals surface area contributed by atoms with Gasteiger partial charge >= 0.3 is 0 Å². The summed E-state index contributed by atoms with van der Waals surface area (Å²) in [4.78, 5) is 41.6. The lowest BCUT2D eigenvalue weighted by Crippen LogP contribution is -2.49. The highest BCUT2D eigenvalue weighted by Crippen LogP contribution is 2.26. The third-order valence-corrected chi connectivity index (χ3v) is 6.84. The zero-order valence-corrected chi connectivity index (χ0v) is 21.5. The van der Waals surface area contributed by atoms with Gasteiger partial charge < -0.3 is 20.5 Å². The van der Waals surface area contributed by atoms with Gasteiger partial charge in [-0.1, -0.05) is 50.6 Å². The van der Waals surface area contributed by atoms with Crippen molar-refractivity contribution in [2.45, 2.75) is 33.6 Å². The first-order valence-corrected chi connectivity index (χ1v) is 12.9. The Labute approximate surface area is 212 Å². The highest BCUT2D eigenvalue weighted by molar-refractivity contribution is 6.00. The van der Waals surface area contributed by atoms with E-state index in [2.05, 4.69) is 34.4 Å². The predicted octanol–water partition coefficient (Wildman–Crippen LogP) is 3.37. The van der Waals surface area contributed by atoms with Crippen LogP contribution in [-0.4, -0.2) is 82.4 Å².